The first-order valence-corrected chi connectivity index (χ1v) is 6.70. The van der Waals surface area contributed by atoms with E-state index in [2.05, 4.69) is 10.5 Å². The number of aliphatic hydroxyl groups excluding tert-OH is 1. The Morgan fingerprint density at radius 3 is 2.45 bits per heavy atom. The number of hydrogen-bond donors (Lipinski definition) is 2. The summed E-state index contributed by atoms with van der Waals surface area (Å²) < 4.78 is 0. The first kappa shape index (κ1) is 15.5. The average molecular weight is 311 g/mol. The topological polar surface area (TPSA) is 92.2 Å². The first-order valence-electron chi connectivity index (χ1n) is 6.32. The van der Waals surface area contributed by atoms with Crippen LogP contribution >= 0.6 is 11.6 Å². The number of nitrogens with one attached hydrogen (secondary N) is 1. The molecule has 1 unspecified atom stereocenters. The van der Waals surface area contributed by atoms with Gasteiger partial charge in [0.2, 0.25) is 5.71 Å². The van der Waals surface area contributed by atoms with Gasteiger partial charge in [-0.2, -0.15) is 15.6 Å². The largest absolute Gasteiger partial charge is 0.384 e. The molecule has 0 aliphatic carbocycles. The van der Waals surface area contributed by atoms with Crippen molar-refractivity contribution in [3.63, 3.8) is 0 Å². The molecule has 0 saturated heterocycles. The molecule has 6 heteroatoms. The molecule has 1 atom stereocenters. The second-order valence-corrected chi connectivity index (χ2v) is 4.78. The molecule has 0 amide bonds. The molecule has 0 aliphatic rings. The highest BCUT2D eigenvalue weighted by atomic mass is 35.5. The van der Waals surface area contributed by atoms with Crippen LogP contribution in [0, 0.1) is 22.7 Å². The van der Waals surface area contributed by atoms with Crippen molar-refractivity contribution in [1.82, 2.24) is 0 Å². The molecule has 2 aromatic carbocycles. The Balaban J connectivity index is 2.39. The quantitative estimate of drug-likeness (QED) is 0.669. The standard InChI is InChI=1S/C16H11ClN4O/c17-12-6-7-14(16(22)11-4-2-1-3-5-11)15(8-12)21-20-13(9-18)10-19/h1-8,16,21-22H. The van der Waals surface area contributed by atoms with Gasteiger partial charge in [0.15, 0.2) is 0 Å². The van der Waals surface area contributed by atoms with E-state index in [0.717, 1.165) is 0 Å². The Labute approximate surface area is 132 Å². The highest BCUT2D eigenvalue weighted by Crippen LogP contribution is 2.30. The summed E-state index contributed by atoms with van der Waals surface area (Å²) in [4.78, 5) is 0. The molecule has 0 fully saturated rings. The maximum absolute atomic E-state index is 10.5. The lowest BCUT2D eigenvalue weighted by Gasteiger charge is -2.15. The number of benzene rings is 2. The molecule has 108 valence electrons. The van der Waals surface area contributed by atoms with E-state index in [-0.39, 0.29) is 5.71 Å². The van der Waals surface area contributed by atoms with E-state index in [1.807, 2.05) is 18.2 Å². The molecule has 0 spiro atoms. The van der Waals surface area contributed by atoms with Gasteiger partial charge >= 0.3 is 0 Å². The van der Waals surface area contributed by atoms with E-state index < -0.39 is 6.10 Å². The minimum Gasteiger partial charge on any atom is -0.384 e. The Hall–Kier alpha value is -2.86. The number of nitrogens with zero attached hydrogens (tertiary/aromatic N) is 3. The minimum atomic E-state index is -0.885. The maximum atomic E-state index is 10.5. The number of halogens is 1. The number of anilines is 1. The lowest BCUT2D eigenvalue weighted by atomic mass is 10.00. The van der Waals surface area contributed by atoms with E-state index >= 15 is 0 Å². The molecular weight excluding hydrogens is 300 g/mol. The number of nitriles is 2. The highest BCUT2D eigenvalue weighted by Gasteiger charge is 2.15. The minimum absolute atomic E-state index is 0.319. The van der Waals surface area contributed by atoms with Crippen molar-refractivity contribution in [2.45, 2.75) is 6.10 Å². The van der Waals surface area contributed by atoms with Crippen molar-refractivity contribution in [3.8, 4) is 12.1 Å². The summed E-state index contributed by atoms with van der Waals surface area (Å²) in [7, 11) is 0. The number of aliphatic hydroxyl groups is 1. The van der Waals surface area contributed by atoms with Crippen LogP contribution < -0.4 is 5.43 Å². The maximum Gasteiger partial charge on any atom is 0.237 e. The van der Waals surface area contributed by atoms with Crippen LogP contribution in [0.4, 0.5) is 5.69 Å². The average Bonchev–Trinajstić information content (AvgIpc) is 2.56. The van der Waals surface area contributed by atoms with Gasteiger partial charge < -0.3 is 5.11 Å². The lowest BCUT2D eigenvalue weighted by molar-refractivity contribution is 0.221. The van der Waals surface area contributed by atoms with Crippen LogP contribution in [-0.2, 0) is 0 Å². The summed E-state index contributed by atoms with van der Waals surface area (Å²) >= 11 is 5.95. The van der Waals surface area contributed by atoms with Crippen LogP contribution in [0.25, 0.3) is 0 Å². The second kappa shape index (κ2) is 7.24. The molecule has 0 aromatic heterocycles. The zero-order valence-corrected chi connectivity index (χ0v) is 12.1. The van der Waals surface area contributed by atoms with Crippen LogP contribution in [-0.4, -0.2) is 10.8 Å². The summed E-state index contributed by atoms with van der Waals surface area (Å²) in [5.74, 6) is 0. The predicted octanol–water partition coefficient (Wildman–Crippen LogP) is 3.24. The van der Waals surface area contributed by atoms with Crippen molar-refractivity contribution >= 4 is 23.0 Å². The first-order chi connectivity index (χ1) is 10.7. The van der Waals surface area contributed by atoms with Crippen molar-refractivity contribution in [2.75, 3.05) is 5.43 Å². The van der Waals surface area contributed by atoms with Gasteiger partial charge in [0, 0.05) is 10.6 Å². The third kappa shape index (κ3) is 3.62. The summed E-state index contributed by atoms with van der Waals surface area (Å²) in [6.45, 7) is 0. The van der Waals surface area contributed by atoms with E-state index in [0.29, 0.717) is 21.8 Å². The summed E-state index contributed by atoms with van der Waals surface area (Å²) in [5, 5.41) is 32.0. The molecule has 22 heavy (non-hydrogen) atoms. The van der Waals surface area contributed by atoms with Crippen LogP contribution in [0.15, 0.2) is 53.6 Å². The molecule has 5 nitrogen and oxygen atoms in total. The summed E-state index contributed by atoms with van der Waals surface area (Å²) in [5.41, 5.74) is 3.95. The van der Waals surface area contributed by atoms with Gasteiger partial charge in [0.1, 0.15) is 18.2 Å². The number of hydrazone groups is 1. The Morgan fingerprint density at radius 1 is 1.14 bits per heavy atom. The van der Waals surface area contributed by atoms with Gasteiger partial charge in [-0.25, -0.2) is 0 Å². The van der Waals surface area contributed by atoms with Crippen LogP contribution in [0.5, 0.6) is 0 Å². The van der Waals surface area contributed by atoms with E-state index in [9.17, 15) is 5.11 Å². The zero-order valence-electron chi connectivity index (χ0n) is 11.4. The van der Waals surface area contributed by atoms with Crippen molar-refractivity contribution in [3.05, 3.63) is 64.7 Å². The number of hydrogen-bond acceptors (Lipinski definition) is 5. The zero-order chi connectivity index (χ0) is 15.9. The van der Waals surface area contributed by atoms with Gasteiger partial charge in [-0.05, 0) is 17.7 Å². The lowest BCUT2D eigenvalue weighted by Crippen LogP contribution is -2.05. The molecule has 0 aliphatic heterocycles. The monoisotopic (exact) mass is 310 g/mol. The molecule has 2 rings (SSSR count). The van der Waals surface area contributed by atoms with Crippen molar-refractivity contribution in [1.29, 1.82) is 10.5 Å². The van der Waals surface area contributed by atoms with E-state index in [1.165, 1.54) is 0 Å². The molecule has 0 heterocycles. The van der Waals surface area contributed by atoms with E-state index in [1.54, 1.807) is 42.5 Å². The SMILES string of the molecule is N#CC(C#N)=NNc1cc(Cl)ccc1C(O)c1ccccc1. The normalized spacial score (nSPS) is 10.9. The van der Waals surface area contributed by atoms with Gasteiger partial charge in [-0.1, -0.05) is 48.0 Å². The highest BCUT2D eigenvalue weighted by molar-refractivity contribution is 6.30. The van der Waals surface area contributed by atoms with Gasteiger partial charge in [-0.15, -0.1) is 0 Å². The third-order valence-electron chi connectivity index (χ3n) is 2.93. The van der Waals surface area contributed by atoms with Gasteiger partial charge in [0.25, 0.3) is 0 Å². The van der Waals surface area contributed by atoms with Crippen molar-refractivity contribution in [2.24, 2.45) is 5.10 Å². The Morgan fingerprint density at radius 2 is 1.82 bits per heavy atom. The van der Waals surface area contributed by atoms with Crippen molar-refractivity contribution < 1.29 is 5.11 Å². The summed E-state index contributed by atoms with van der Waals surface area (Å²) in [6, 6.07) is 17.3. The predicted molar refractivity (Wildman–Crippen MR) is 84.2 cm³/mol. The van der Waals surface area contributed by atoms with Gasteiger partial charge in [-0.3, -0.25) is 5.43 Å². The smallest absolute Gasteiger partial charge is 0.237 e. The van der Waals surface area contributed by atoms with Gasteiger partial charge in [0.05, 0.1) is 5.69 Å². The fourth-order valence-corrected chi connectivity index (χ4v) is 2.04. The fraction of sp³-hybridized carbons (Fsp3) is 0.0625. The fourth-order valence-electron chi connectivity index (χ4n) is 1.87. The molecule has 0 bridgehead atoms. The molecule has 0 radical (unpaired) electrons. The molecule has 0 saturated carbocycles. The third-order valence-corrected chi connectivity index (χ3v) is 3.16. The van der Waals surface area contributed by atoms with Crippen LogP contribution in [0.2, 0.25) is 5.02 Å². The van der Waals surface area contributed by atoms with E-state index in [4.69, 9.17) is 22.1 Å². The summed E-state index contributed by atoms with van der Waals surface area (Å²) in [6.07, 6.45) is -0.885. The van der Waals surface area contributed by atoms with Crippen LogP contribution in [0.3, 0.4) is 0 Å². The van der Waals surface area contributed by atoms with Crippen LogP contribution in [0.1, 0.15) is 17.2 Å². The Kier molecular flexibility index (Phi) is 5.11. The second-order valence-electron chi connectivity index (χ2n) is 4.34. The molecule has 2 aromatic rings. The molecular formula is C16H11ClN4O. The number of rotatable bonds is 4. The molecule has 2 N–H and O–H groups in total. The Bertz CT molecular complexity index is 759.